The number of hydrogen-bond acceptors (Lipinski definition) is 3. The third-order valence-electron chi connectivity index (χ3n) is 2.82. The average molecular weight is 323 g/mol. The van der Waals surface area contributed by atoms with E-state index in [-0.39, 0.29) is 5.54 Å². The molecule has 102 valence electrons. The number of benzene rings is 1. The predicted molar refractivity (Wildman–Crippen MR) is 80.4 cm³/mol. The highest BCUT2D eigenvalue weighted by Gasteiger charge is 2.14. The molecule has 1 N–H and O–H groups in total. The number of hydrogen-bond donors (Lipinski definition) is 1. The van der Waals surface area contributed by atoms with Crippen LogP contribution < -0.4 is 5.32 Å². The van der Waals surface area contributed by atoms with E-state index in [9.17, 15) is 0 Å². The van der Waals surface area contributed by atoms with Gasteiger partial charge in [-0.3, -0.25) is 0 Å². The van der Waals surface area contributed by atoms with Crippen LogP contribution in [0.4, 0.5) is 0 Å². The average Bonchev–Trinajstić information content (AvgIpc) is 2.77. The molecule has 0 fully saturated rings. The zero-order valence-corrected chi connectivity index (χ0v) is 13.3. The molecule has 19 heavy (non-hydrogen) atoms. The summed E-state index contributed by atoms with van der Waals surface area (Å²) in [7, 11) is 0. The Morgan fingerprint density at radius 1 is 1.32 bits per heavy atom. The van der Waals surface area contributed by atoms with Crippen molar-refractivity contribution in [1.29, 1.82) is 0 Å². The van der Waals surface area contributed by atoms with Gasteiger partial charge in [-0.15, -0.1) is 5.10 Å². The van der Waals surface area contributed by atoms with E-state index in [0.29, 0.717) is 0 Å². The van der Waals surface area contributed by atoms with Gasteiger partial charge >= 0.3 is 0 Å². The maximum absolute atomic E-state index is 4.19. The smallest absolute Gasteiger partial charge is 0.0811 e. The molecule has 0 aliphatic heterocycles. The second-order valence-electron chi connectivity index (χ2n) is 5.65. The van der Waals surface area contributed by atoms with E-state index < -0.39 is 0 Å². The van der Waals surface area contributed by atoms with Gasteiger partial charge in [0.1, 0.15) is 0 Å². The molecule has 2 rings (SSSR count). The Balaban J connectivity index is 2.31. The van der Waals surface area contributed by atoms with Crippen molar-refractivity contribution in [3.63, 3.8) is 0 Å². The minimum absolute atomic E-state index is 0.0684. The van der Waals surface area contributed by atoms with Crippen LogP contribution in [0.5, 0.6) is 0 Å². The molecule has 0 saturated heterocycles. The van der Waals surface area contributed by atoms with E-state index in [2.05, 4.69) is 65.3 Å². The highest BCUT2D eigenvalue weighted by atomic mass is 79.9. The van der Waals surface area contributed by atoms with E-state index in [1.54, 1.807) is 6.20 Å². The Morgan fingerprint density at radius 3 is 2.74 bits per heavy atom. The second-order valence-corrected chi connectivity index (χ2v) is 6.44. The van der Waals surface area contributed by atoms with E-state index in [1.165, 1.54) is 5.56 Å². The van der Waals surface area contributed by atoms with E-state index in [1.807, 2.05) is 16.8 Å². The van der Waals surface area contributed by atoms with Crippen molar-refractivity contribution in [2.45, 2.75) is 39.8 Å². The fraction of sp³-hybridized carbons (Fsp3) is 0.429. The van der Waals surface area contributed by atoms with Crippen LogP contribution in [0.3, 0.4) is 0 Å². The van der Waals surface area contributed by atoms with Crippen molar-refractivity contribution in [2.24, 2.45) is 0 Å². The Bertz CT molecular complexity index is 569. The van der Waals surface area contributed by atoms with Gasteiger partial charge in [0.05, 0.1) is 17.6 Å². The molecule has 1 aromatic heterocycles. The quantitative estimate of drug-likeness (QED) is 0.943. The number of rotatable bonds is 3. The number of nitrogens with one attached hydrogen (secondary N) is 1. The van der Waals surface area contributed by atoms with Crippen molar-refractivity contribution >= 4 is 15.9 Å². The third kappa shape index (κ3) is 3.42. The summed E-state index contributed by atoms with van der Waals surface area (Å²) < 4.78 is 2.92. The molecule has 0 aliphatic rings. The van der Waals surface area contributed by atoms with Crippen LogP contribution >= 0.6 is 15.9 Å². The monoisotopic (exact) mass is 322 g/mol. The maximum atomic E-state index is 4.19. The van der Waals surface area contributed by atoms with Crippen LogP contribution in [0.25, 0.3) is 5.69 Å². The van der Waals surface area contributed by atoms with Crippen LogP contribution in [0.1, 0.15) is 32.0 Å². The van der Waals surface area contributed by atoms with Gasteiger partial charge < -0.3 is 5.32 Å². The minimum atomic E-state index is 0.0684. The lowest BCUT2D eigenvalue weighted by Gasteiger charge is -2.20. The zero-order valence-electron chi connectivity index (χ0n) is 11.7. The Hall–Kier alpha value is -1.20. The van der Waals surface area contributed by atoms with Crippen LogP contribution in [-0.2, 0) is 6.54 Å². The van der Waals surface area contributed by atoms with Gasteiger partial charge in [0, 0.05) is 16.6 Å². The number of halogens is 1. The second kappa shape index (κ2) is 5.43. The third-order valence-corrected chi connectivity index (χ3v) is 3.85. The highest BCUT2D eigenvalue weighted by Crippen LogP contribution is 2.24. The zero-order chi connectivity index (χ0) is 14.0. The molecule has 0 saturated carbocycles. The minimum Gasteiger partial charge on any atom is -0.306 e. The van der Waals surface area contributed by atoms with Crippen molar-refractivity contribution in [3.8, 4) is 5.69 Å². The molecule has 0 unspecified atom stereocenters. The molecule has 0 aliphatic carbocycles. The lowest BCUT2D eigenvalue weighted by atomic mass is 10.1. The fourth-order valence-corrected chi connectivity index (χ4v) is 2.16. The van der Waals surface area contributed by atoms with Gasteiger partial charge in [-0.25, -0.2) is 4.68 Å². The van der Waals surface area contributed by atoms with Gasteiger partial charge in [0.25, 0.3) is 0 Å². The molecule has 1 aromatic carbocycles. The topological polar surface area (TPSA) is 42.7 Å². The first-order chi connectivity index (χ1) is 8.88. The van der Waals surface area contributed by atoms with E-state index in [0.717, 1.165) is 22.4 Å². The first kappa shape index (κ1) is 14.2. The Labute approximate surface area is 122 Å². The summed E-state index contributed by atoms with van der Waals surface area (Å²) in [5.41, 5.74) is 3.31. The summed E-state index contributed by atoms with van der Waals surface area (Å²) in [6.45, 7) is 9.23. The Morgan fingerprint density at radius 2 is 2.05 bits per heavy atom. The predicted octanol–water partition coefficient (Wildman–Crippen LogP) is 3.23. The fourth-order valence-electron chi connectivity index (χ4n) is 1.73. The largest absolute Gasteiger partial charge is 0.306 e. The molecule has 4 nitrogen and oxygen atoms in total. The molecule has 1 heterocycles. The maximum Gasteiger partial charge on any atom is 0.0811 e. The molecule has 0 radical (unpaired) electrons. The summed E-state index contributed by atoms with van der Waals surface area (Å²) >= 11 is 3.62. The summed E-state index contributed by atoms with van der Waals surface area (Å²) in [5.74, 6) is 0. The SMILES string of the molecule is Cc1cccc(-n2nncc2CNC(C)(C)C)c1Br. The van der Waals surface area contributed by atoms with Crippen LogP contribution in [0.15, 0.2) is 28.9 Å². The lowest BCUT2D eigenvalue weighted by Crippen LogP contribution is -2.35. The first-order valence-electron chi connectivity index (χ1n) is 6.28. The van der Waals surface area contributed by atoms with Crippen molar-refractivity contribution < 1.29 is 0 Å². The van der Waals surface area contributed by atoms with E-state index >= 15 is 0 Å². The normalized spacial score (nSPS) is 11.8. The van der Waals surface area contributed by atoms with Crippen molar-refractivity contribution in [1.82, 2.24) is 20.3 Å². The highest BCUT2D eigenvalue weighted by molar-refractivity contribution is 9.10. The molecule has 0 spiro atoms. The molecule has 2 aromatic rings. The number of aryl methyl sites for hydroxylation is 1. The lowest BCUT2D eigenvalue weighted by molar-refractivity contribution is 0.418. The number of nitrogens with zero attached hydrogens (tertiary/aromatic N) is 3. The first-order valence-corrected chi connectivity index (χ1v) is 7.08. The molecular formula is C14H19BrN4. The summed E-state index contributed by atoms with van der Waals surface area (Å²) in [5, 5.41) is 11.7. The van der Waals surface area contributed by atoms with Crippen LogP contribution in [0, 0.1) is 6.92 Å². The van der Waals surface area contributed by atoms with Gasteiger partial charge in [-0.1, -0.05) is 17.3 Å². The molecule has 0 bridgehead atoms. The molecule has 0 amide bonds. The van der Waals surface area contributed by atoms with E-state index in [4.69, 9.17) is 0 Å². The van der Waals surface area contributed by atoms with Gasteiger partial charge in [0.15, 0.2) is 0 Å². The van der Waals surface area contributed by atoms with Gasteiger partial charge in [-0.2, -0.15) is 0 Å². The molecule has 5 heteroatoms. The van der Waals surface area contributed by atoms with Gasteiger partial charge in [-0.05, 0) is 55.3 Å². The summed E-state index contributed by atoms with van der Waals surface area (Å²) in [4.78, 5) is 0. The summed E-state index contributed by atoms with van der Waals surface area (Å²) in [6, 6.07) is 6.13. The standard InChI is InChI=1S/C14H19BrN4/c1-10-6-5-7-12(13(10)15)19-11(9-17-18-19)8-16-14(2,3)4/h5-7,9,16H,8H2,1-4H3. The number of aromatic nitrogens is 3. The van der Waals surface area contributed by atoms with Crippen molar-refractivity contribution in [3.05, 3.63) is 40.1 Å². The van der Waals surface area contributed by atoms with Crippen LogP contribution in [-0.4, -0.2) is 20.5 Å². The van der Waals surface area contributed by atoms with Crippen LogP contribution in [0.2, 0.25) is 0 Å². The van der Waals surface area contributed by atoms with Crippen molar-refractivity contribution in [2.75, 3.05) is 0 Å². The molecular weight excluding hydrogens is 304 g/mol. The Kier molecular flexibility index (Phi) is 4.06. The van der Waals surface area contributed by atoms with Gasteiger partial charge in [0.2, 0.25) is 0 Å². The molecule has 0 atom stereocenters. The summed E-state index contributed by atoms with van der Waals surface area (Å²) in [6.07, 6.45) is 1.80.